The molecule has 88 valence electrons. The molecule has 0 atom stereocenters. The lowest BCUT2D eigenvalue weighted by Gasteiger charge is -1.92. The number of carbonyl (C=O) groups is 1. The zero-order chi connectivity index (χ0) is 12.6. The van der Waals surface area contributed by atoms with Crippen LogP contribution in [0.15, 0.2) is 36.5 Å². The first-order valence-electron chi connectivity index (χ1n) is 5.31. The Morgan fingerprint density at radius 3 is 2.19 bits per heavy atom. The van der Waals surface area contributed by atoms with Crippen LogP contribution in [0.3, 0.4) is 0 Å². The highest BCUT2D eigenvalue weighted by Crippen LogP contribution is 2.12. The molecule has 0 saturated carbocycles. The Balaban J connectivity index is 0.000000323. The molecule has 3 nitrogen and oxygen atoms in total. The van der Waals surface area contributed by atoms with Gasteiger partial charge in [-0.2, -0.15) is 0 Å². The molecule has 1 aromatic heterocycles. The quantitative estimate of drug-likeness (QED) is 0.741. The number of nitrogens with zero attached hydrogens (tertiary/aromatic N) is 1. The van der Waals surface area contributed by atoms with E-state index in [0.29, 0.717) is 0 Å². The van der Waals surface area contributed by atoms with Gasteiger partial charge in [0, 0.05) is 25.7 Å². The fourth-order valence-electron chi connectivity index (χ4n) is 1.22. The van der Waals surface area contributed by atoms with Gasteiger partial charge < -0.3 is 9.67 Å². The first-order valence-corrected chi connectivity index (χ1v) is 5.31. The lowest BCUT2D eigenvalue weighted by Crippen LogP contribution is -1.81. The molecule has 0 saturated heterocycles. The van der Waals surface area contributed by atoms with Crippen LogP contribution >= 0.6 is 0 Å². The van der Waals surface area contributed by atoms with E-state index in [9.17, 15) is 0 Å². The van der Waals surface area contributed by atoms with Crippen molar-refractivity contribution in [1.82, 2.24) is 4.57 Å². The van der Waals surface area contributed by atoms with Gasteiger partial charge in [0.2, 0.25) is 0 Å². The van der Waals surface area contributed by atoms with Crippen LogP contribution in [0.1, 0.15) is 20.8 Å². The summed E-state index contributed by atoms with van der Waals surface area (Å²) in [7, 11) is 2.06. The maximum atomic E-state index is 9.00. The lowest BCUT2D eigenvalue weighted by atomic mass is 10.2. The van der Waals surface area contributed by atoms with Crippen molar-refractivity contribution in [2.75, 3.05) is 0 Å². The molecule has 2 aromatic rings. The van der Waals surface area contributed by atoms with Crippen molar-refractivity contribution in [2.45, 2.75) is 20.8 Å². The van der Waals surface area contributed by atoms with Crippen molar-refractivity contribution in [2.24, 2.45) is 7.05 Å². The molecule has 0 aliphatic heterocycles. The smallest absolute Gasteiger partial charge is 0.300 e. The van der Waals surface area contributed by atoms with Gasteiger partial charge in [-0.25, -0.2) is 0 Å². The van der Waals surface area contributed by atoms with Gasteiger partial charge in [0.05, 0.1) is 0 Å². The van der Waals surface area contributed by atoms with Gasteiger partial charge in [-0.3, -0.25) is 4.79 Å². The van der Waals surface area contributed by atoms with Crippen LogP contribution in [0.4, 0.5) is 0 Å². The predicted octanol–water partition coefficient (Wildman–Crippen LogP) is 3.30. The number of hydrogen-bond acceptors (Lipinski definition) is 1. The summed E-state index contributed by atoms with van der Waals surface area (Å²) in [6.45, 7) is 5.08. The van der Waals surface area contributed by atoms with Gasteiger partial charge in [-0.1, -0.05) is 32.0 Å². The van der Waals surface area contributed by atoms with Gasteiger partial charge in [-0.15, -0.1) is 0 Å². The molecule has 0 aliphatic rings. The number of rotatable bonds is 0. The molecule has 3 heteroatoms. The maximum absolute atomic E-state index is 9.00. The topological polar surface area (TPSA) is 42.2 Å². The van der Waals surface area contributed by atoms with Crippen LogP contribution in [0.2, 0.25) is 0 Å². The fourth-order valence-corrected chi connectivity index (χ4v) is 1.22. The molecule has 0 radical (unpaired) electrons. The predicted molar refractivity (Wildman–Crippen MR) is 67.6 cm³/mol. The van der Waals surface area contributed by atoms with Crippen molar-refractivity contribution in [3.8, 4) is 0 Å². The minimum atomic E-state index is -0.833. The van der Waals surface area contributed by atoms with Crippen LogP contribution in [0, 0.1) is 0 Å². The van der Waals surface area contributed by atoms with Gasteiger partial charge in [0.1, 0.15) is 0 Å². The Kier molecular flexibility index (Phi) is 6.68. The van der Waals surface area contributed by atoms with Gasteiger partial charge in [0.25, 0.3) is 5.97 Å². The Labute approximate surface area is 96.3 Å². The van der Waals surface area contributed by atoms with E-state index in [2.05, 4.69) is 48.1 Å². The molecule has 0 unspecified atom stereocenters. The number of benzene rings is 1. The van der Waals surface area contributed by atoms with Crippen LogP contribution < -0.4 is 0 Å². The molecular formula is C13H19NO2. The molecule has 1 N–H and O–H groups in total. The second-order valence-corrected chi connectivity index (χ2v) is 3.00. The number of carboxylic acid groups (broad SMARTS) is 1. The summed E-state index contributed by atoms with van der Waals surface area (Å²) in [4.78, 5) is 9.00. The van der Waals surface area contributed by atoms with Gasteiger partial charge >= 0.3 is 0 Å². The number of aliphatic carboxylic acids is 1. The molecule has 0 amide bonds. The molecule has 2 rings (SSSR count). The Morgan fingerprint density at radius 1 is 1.19 bits per heavy atom. The molecule has 1 heterocycles. The van der Waals surface area contributed by atoms with E-state index in [-0.39, 0.29) is 0 Å². The van der Waals surface area contributed by atoms with E-state index in [1.807, 2.05) is 13.8 Å². The normalized spacial score (nSPS) is 8.50. The third kappa shape index (κ3) is 4.64. The molecule has 0 fully saturated rings. The SMILES string of the molecule is CC.CC(=O)O.Cn1ccc2ccccc21. The molecule has 1 aromatic carbocycles. The summed E-state index contributed by atoms with van der Waals surface area (Å²) in [6.07, 6.45) is 2.07. The Morgan fingerprint density at radius 2 is 1.69 bits per heavy atom. The summed E-state index contributed by atoms with van der Waals surface area (Å²) < 4.78 is 2.12. The number of fused-ring (bicyclic) bond motifs is 1. The third-order valence-electron chi connectivity index (χ3n) is 1.79. The first-order chi connectivity index (χ1) is 7.61. The van der Waals surface area contributed by atoms with E-state index in [1.54, 1.807) is 0 Å². The Bertz CT molecular complexity index is 428. The average molecular weight is 221 g/mol. The zero-order valence-electron chi connectivity index (χ0n) is 10.3. The highest BCUT2D eigenvalue weighted by molar-refractivity contribution is 5.79. The van der Waals surface area contributed by atoms with E-state index >= 15 is 0 Å². The molecule has 16 heavy (non-hydrogen) atoms. The van der Waals surface area contributed by atoms with Crippen molar-refractivity contribution in [1.29, 1.82) is 0 Å². The third-order valence-corrected chi connectivity index (χ3v) is 1.79. The second kappa shape index (κ2) is 7.51. The van der Waals surface area contributed by atoms with E-state index in [1.165, 1.54) is 10.9 Å². The number of aromatic nitrogens is 1. The van der Waals surface area contributed by atoms with Crippen molar-refractivity contribution < 1.29 is 9.90 Å². The summed E-state index contributed by atoms with van der Waals surface area (Å²) in [5.74, 6) is -0.833. The van der Waals surface area contributed by atoms with Crippen LogP contribution in [0.5, 0.6) is 0 Å². The number of hydrogen-bond donors (Lipinski definition) is 1. The van der Waals surface area contributed by atoms with Crippen molar-refractivity contribution in [3.63, 3.8) is 0 Å². The van der Waals surface area contributed by atoms with Crippen LogP contribution in [0.25, 0.3) is 10.9 Å². The Hall–Kier alpha value is -1.77. The van der Waals surface area contributed by atoms with E-state index in [4.69, 9.17) is 9.90 Å². The highest BCUT2D eigenvalue weighted by atomic mass is 16.4. The fraction of sp³-hybridized carbons (Fsp3) is 0.308. The van der Waals surface area contributed by atoms with Gasteiger partial charge in [-0.05, 0) is 17.5 Å². The molecular weight excluding hydrogens is 202 g/mol. The monoisotopic (exact) mass is 221 g/mol. The molecule has 0 spiro atoms. The van der Waals surface area contributed by atoms with E-state index in [0.717, 1.165) is 6.92 Å². The highest BCUT2D eigenvalue weighted by Gasteiger charge is 1.92. The number of para-hydroxylation sites is 1. The first kappa shape index (κ1) is 14.2. The minimum absolute atomic E-state index is 0.833. The largest absolute Gasteiger partial charge is 0.481 e. The van der Waals surface area contributed by atoms with Crippen molar-refractivity contribution in [3.05, 3.63) is 36.5 Å². The second-order valence-electron chi connectivity index (χ2n) is 3.00. The molecule has 0 bridgehead atoms. The minimum Gasteiger partial charge on any atom is -0.481 e. The summed E-state index contributed by atoms with van der Waals surface area (Å²) >= 11 is 0. The summed E-state index contributed by atoms with van der Waals surface area (Å²) in [5, 5.41) is 8.73. The lowest BCUT2D eigenvalue weighted by molar-refractivity contribution is -0.134. The maximum Gasteiger partial charge on any atom is 0.300 e. The van der Waals surface area contributed by atoms with Gasteiger partial charge in [0.15, 0.2) is 0 Å². The summed E-state index contributed by atoms with van der Waals surface area (Å²) in [5.41, 5.74) is 1.29. The van der Waals surface area contributed by atoms with Crippen molar-refractivity contribution >= 4 is 16.9 Å². The van der Waals surface area contributed by atoms with Crippen LogP contribution in [-0.4, -0.2) is 15.6 Å². The zero-order valence-corrected chi connectivity index (χ0v) is 10.3. The van der Waals surface area contributed by atoms with Crippen LogP contribution in [-0.2, 0) is 11.8 Å². The summed E-state index contributed by atoms with van der Waals surface area (Å²) in [6, 6.07) is 10.5. The number of carboxylic acids is 1. The standard InChI is InChI=1S/C9H9N.C2H4O2.C2H6/c1-10-7-6-8-4-2-3-5-9(8)10;1-2(3)4;1-2/h2-7H,1H3;1H3,(H,3,4);1-2H3. The number of aryl methyl sites for hydroxylation is 1. The molecule has 0 aliphatic carbocycles. The van der Waals surface area contributed by atoms with E-state index < -0.39 is 5.97 Å². The average Bonchev–Trinajstić information content (AvgIpc) is 2.64.